The fourth-order valence-electron chi connectivity index (χ4n) is 7.14. The summed E-state index contributed by atoms with van der Waals surface area (Å²) >= 11 is 0. The zero-order chi connectivity index (χ0) is 38.1. The average molecular weight is 714 g/mol. The first-order chi connectivity index (χ1) is 27.0. The lowest BCUT2D eigenvalue weighted by molar-refractivity contribution is 0.111. The molecule has 0 atom stereocenters. The standard InChI is InChI=1S/C50H39N3O2/c1-2-3-4-5-26-53-49-24-10-37(27-45(31-51)43-20-16-41(17-21-43)39-12-6-35(33-54)7-13-39)29-47(49)48-30-38(11-25-50(48)53)28-46(32-52)44-22-18-42(19-23-44)40-14-8-36(34-55)9-15-40/h6-25,27-30,33-34H,2-5,26H2,1H3/b45-27+,46-28+. The lowest BCUT2D eigenvalue weighted by Gasteiger charge is -2.08. The van der Waals surface area contributed by atoms with Gasteiger partial charge in [0.05, 0.1) is 23.3 Å². The number of aromatic nitrogens is 1. The van der Waals surface area contributed by atoms with Crippen molar-refractivity contribution >= 4 is 57.7 Å². The van der Waals surface area contributed by atoms with Crippen LogP contribution in [0.1, 0.15) is 75.6 Å². The van der Waals surface area contributed by atoms with Crippen LogP contribution in [0.25, 0.3) is 67.4 Å². The normalized spacial score (nSPS) is 11.7. The van der Waals surface area contributed by atoms with Crippen LogP contribution in [0.2, 0.25) is 0 Å². The molecule has 0 spiro atoms. The van der Waals surface area contributed by atoms with Crippen molar-refractivity contribution < 1.29 is 9.59 Å². The van der Waals surface area contributed by atoms with Crippen molar-refractivity contribution in [3.63, 3.8) is 0 Å². The van der Waals surface area contributed by atoms with E-state index in [-0.39, 0.29) is 0 Å². The summed E-state index contributed by atoms with van der Waals surface area (Å²) in [5.74, 6) is 0. The van der Waals surface area contributed by atoms with Crippen LogP contribution in [0.5, 0.6) is 0 Å². The van der Waals surface area contributed by atoms with E-state index < -0.39 is 0 Å². The Kier molecular flexibility index (Phi) is 11.0. The molecule has 0 bridgehead atoms. The summed E-state index contributed by atoms with van der Waals surface area (Å²) in [6.07, 6.45) is 10.2. The van der Waals surface area contributed by atoms with Crippen molar-refractivity contribution in [2.24, 2.45) is 0 Å². The molecule has 5 nitrogen and oxygen atoms in total. The van der Waals surface area contributed by atoms with Gasteiger partial charge in [-0.05, 0) is 87.3 Å². The van der Waals surface area contributed by atoms with Gasteiger partial charge in [-0.25, -0.2) is 0 Å². The van der Waals surface area contributed by atoms with E-state index in [1.54, 1.807) is 24.3 Å². The molecule has 0 amide bonds. The third kappa shape index (κ3) is 7.98. The molecule has 0 N–H and O–H groups in total. The second-order valence-corrected chi connectivity index (χ2v) is 13.7. The second kappa shape index (κ2) is 16.7. The maximum Gasteiger partial charge on any atom is 0.150 e. The summed E-state index contributed by atoms with van der Waals surface area (Å²) in [5.41, 5.74) is 12.2. The van der Waals surface area contributed by atoms with Crippen molar-refractivity contribution in [1.82, 2.24) is 4.57 Å². The molecule has 0 saturated carbocycles. The van der Waals surface area contributed by atoms with E-state index in [0.717, 1.165) is 91.9 Å². The molecule has 0 aliphatic heterocycles. The van der Waals surface area contributed by atoms with E-state index in [1.165, 1.54) is 19.3 Å². The Bertz CT molecular complexity index is 2470. The number of nitrogens with zero attached hydrogens (tertiary/aromatic N) is 3. The van der Waals surface area contributed by atoms with Gasteiger partial charge in [0.25, 0.3) is 0 Å². The fourth-order valence-corrected chi connectivity index (χ4v) is 7.14. The Labute approximate surface area is 321 Å². The number of aldehydes is 2. The predicted octanol–water partition coefficient (Wildman–Crippen LogP) is 12.5. The Hall–Kier alpha value is -7.08. The Morgan fingerprint density at radius 2 is 0.891 bits per heavy atom. The quantitative estimate of drug-likeness (QED) is 0.0515. The predicted molar refractivity (Wildman–Crippen MR) is 225 cm³/mol. The van der Waals surface area contributed by atoms with Gasteiger partial charge in [-0.15, -0.1) is 0 Å². The summed E-state index contributed by atoms with van der Waals surface area (Å²) in [7, 11) is 0. The van der Waals surface area contributed by atoms with Gasteiger partial charge in [0.1, 0.15) is 12.6 Å². The lowest BCUT2D eigenvalue weighted by atomic mass is 9.98. The largest absolute Gasteiger partial charge is 0.340 e. The van der Waals surface area contributed by atoms with Crippen LogP contribution in [0.3, 0.4) is 0 Å². The van der Waals surface area contributed by atoms with E-state index in [9.17, 15) is 20.1 Å². The van der Waals surface area contributed by atoms with Crippen LogP contribution in [-0.4, -0.2) is 17.1 Å². The van der Waals surface area contributed by atoms with E-state index in [0.29, 0.717) is 22.3 Å². The average Bonchev–Trinajstić information content (AvgIpc) is 3.55. The van der Waals surface area contributed by atoms with Crippen LogP contribution in [0.15, 0.2) is 133 Å². The molecule has 6 aromatic carbocycles. The number of hydrogen-bond donors (Lipinski definition) is 0. The van der Waals surface area contributed by atoms with Crippen LogP contribution in [0, 0.1) is 22.7 Å². The molecule has 0 fully saturated rings. The van der Waals surface area contributed by atoms with Gasteiger partial charge in [0, 0.05) is 39.5 Å². The Morgan fingerprint density at radius 1 is 0.509 bits per heavy atom. The minimum absolute atomic E-state index is 0.566. The highest BCUT2D eigenvalue weighted by Gasteiger charge is 2.13. The molecular weight excluding hydrogens is 675 g/mol. The molecule has 0 saturated heterocycles. The monoisotopic (exact) mass is 713 g/mol. The highest BCUT2D eigenvalue weighted by Crippen LogP contribution is 2.34. The summed E-state index contributed by atoms with van der Waals surface area (Å²) in [5, 5.41) is 22.7. The van der Waals surface area contributed by atoms with Crippen molar-refractivity contribution in [3.8, 4) is 34.4 Å². The van der Waals surface area contributed by atoms with Gasteiger partial charge in [0.15, 0.2) is 0 Å². The second-order valence-electron chi connectivity index (χ2n) is 13.7. The highest BCUT2D eigenvalue weighted by molar-refractivity contribution is 6.10. The molecule has 7 aromatic rings. The minimum atomic E-state index is 0.566. The number of nitriles is 2. The highest BCUT2D eigenvalue weighted by atomic mass is 16.1. The maximum absolute atomic E-state index is 11.1. The molecule has 1 aromatic heterocycles. The minimum Gasteiger partial charge on any atom is -0.340 e. The molecular formula is C50H39N3O2. The zero-order valence-corrected chi connectivity index (χ0v) is 30.7. The van der Waals surface area contributed by atoms with Gasteiger partial charge in [-0.3, -0.25) is 9.59 Å². The van der Waals surface area contributed by atoms with Gasteiger partial charge >= 0.3 is 0 Å². The molecule has 0 unspecified atom stereocenters. The number of rotatable bonds is 13. The van der Waals surface area contributed by atoms with Crippen LogP contribution < -0.4 is 0 Å². The molecule has 7 rings (SSSR count). The molecule has 0 aliphatic rings. The summed E-state index contributed by atoms with van der Waals surface area (Å²) < 4.78 is 2.40. The van der Waals surface area contributed by atoms with E-state index >= 15 is 0 Å². The van der Waals surface area contributed by atoms with E-state index in [2.05, 4.69) is 60.0 Å². The Morgan fingerprint density at radius 3 is 1.25 bits per heavy atom. The van der Waals surface area contributed by atoms with Gasteiger partial charge in [0.2, 0.25) is 0 Å². The number of carbonyl (C=O) groups is 2. The number of allylic oxidation sites excluding steroid dienone is 2. The number of benzene rings is 6. The van der Waals surface area contributed by atoms with Gasteiger partial charge in [-0.2, -0.15) is 10.5 Å². The Balaban J connectivity index is 1.23. The first-order valence-corrected chi connectivity index (χ1v) is 18.6. The van der Waals surface area contributed by atoms with Gasteiger partial charge < -0.3 is 4.57 Å². The third-order valence-corrected chi connectivity index (χ3v) is 10.2. The van der Waals surface area contributed by atoms with Crippen LogP contribution in [-0.2, 0) is 6.54 Å². The van der Waals surface area contributed by atoms with E-state index in [4.69, 9.17) is 0 Å². The number of fused-ring (bicyclic) bond motifs is 3. The zero-order valence-electron chi connectivity index (χ0n) is 30.7. The summed E-state index contributed by atoms with van der Waals surface area (Å²) in [4.78, 5) is 22.1. The van der Waals surface area contributed by atoms with Crippen LogP contribution in [0.4, 0.5) is 0 Å². The molecule has 55 heavy (non-hydrogen) atoms. The SMILES string of the molecule is CCCCCCn1c2ccc(/C=C(\C#N)c3ccc(-c4ccc(C=O)cc4)cc3)cc2c2cc(/C=C(\C#N)c3ccc(-c4ccc(C=O)cc4)cc3)ccc21. The summed E-state index contributed by atoms with van der Waals surface area (Å²) in [6, 6.07) is 48.4. The lowest BCUT2D eigenvalue weighted by Crippen LogP contribution is -1.97. The number of aryl methyl sites for hydroxylation is 1. The first-order valence-electron chi connectivity index (χ1n) is 18.6. The summed E-state index contributed by atoms with van der Waals surface area (Å²) in [6.45, 7) is 3.13. The third-order valence-electron chi connectivity index (χ3n) is 10.2. The molecule has 0 aliphatic carbocycles. The van der Waals surface area contributed by atoms with Gasteiger partial charge in [-0.1, -0.05) is 135 Å². The molecule has 266 valence electrons. The smallest absolute Gasteiger partial charge is 0.150 e. The molecule has 0 radical (unpaired) electrons. The molecule has 5 heteroatoms. The van der Waals surface area contributed by atoms with Crippen molar-refractivity contribution in [2.45, 2.75) is 39.2 Å². The maximum atomic E-state index is 11.1. The fraction of sp³-hybridized carbons (Fsp3) is 0.120. The van der Waals surface area contributed by atoms with Crippen molar-refractivity contribution in [1.29, 1.82) is 10.5 Å². The van der Waals surface area contributed by atoms with E-state index in [1.807, 2.05) is 84.9 Å². The van der Waals surface area contributed by atoms with Crippen molar-refractivity contribution in [3.05, 3.63) is 167 Å². The first kappa shape index (κ1) is 36.3. The number of unbranched alkanes of at least 4 members (excludes halogenated alkanes) is 3. The van der Waals surface area contributed by atoms with Crippen LogP contribution >= 0.6 is 0 Å². The van der Waals surface area contributed by atoms with Crippen molar-refractivity contribution in [2.75, 3.05) is 0 Å². The molecule has 1 heterocycles. The number of hydrogen-bond acceptors (Lipinski definition) is 4. The topological polar surface area (TPSA) is 86.7 Å². The number of carbonyl (C=O) groups excluding carboxylic acids is 2.